The van der Waals surface area contributed by atoms with Gasteiger partial charge in [-0.3, -0.25) is 4.79 Å². The van der Waals surface area contributed by atoms with Gasteiger partial charge in [0.05, 0.1) is 6.61 Å². The number of benzene rings is 1. The van der Waals surface area contributed by atoms with Crippen molar-refractivity contribution in [2.75, 3.05) is 26.2 Å². The van der Waals surface area contributed by atoms with Crippen molar-refractivity contribution in [2.24, 2.45) is 0 Å². The number of carbonyl (C=O) groups excluding carboxylic acids is 1. The highest BCUT2D eigenvalue weighted by Crippen LogP contribution is 2.07. The van der Waals surface area contributed by atoms with Crippen molar-refractivity contribution >= 4 is 12.0 Å². The second kappa shape index (κ2) is 8.79. The van der Waals surface area contributed by atoms with Gasteiger partial charge in [0, 0.05) is 13.1 Å². The highest BCUT2D eigenvalue weighted by atomic mass is 16.5. The summed E-state index contributed by atoms with van der Waals surface area (Å²) in [7, 11) is 0. The smallest absolute Gasteiger partial charge is 0.323 e. The van der Waals surface area contributed by atoms with Crippen LogP contribution in [0.1, 0.15) is 13.3 Å². The Labute approximate surface area is 118 Å². The molecule has 0 spiro atoms. The van der Waals surface area contributed by atoms with E-state index >= 15 is 0 Å². The number of para-hydroxylation sites is 1. The molecule has 0 atom stereocenters. The van der Waals surface area contributed by atoms with Crippen LogP contribution in [0.25, 0.3) is 0 Å². The van der Waals surface area contributed by atoms with Crippen LogP contribution in [0.3, 0.4) is 0 Å². The summed E-state index contributed by atoms with van der Waals surface area (Å²) in [6, 6.07) is 9.06. The van der Waals surface area contributed by atoms with Crippen LogP contribution in [0.15, 0.2) is 30.3 Å². The van der Waals surface area contributed by atoms with E-state index in [1.165, 1.54) is 4.90 Å². The molecule has 0 aliphatic carbocycles. The molecule has 0 heterocycles. The number of hydrogen-bond acceptors (Lipinski definition) is 3. The van der Waals surface area contributed by atoms with Crippen molar-refractivity contribution in [3.63, 3.8) is 0 Å². The third kappa shape index (κ3) is 6.08. The van der Waals surface area contributed by atoms with E-state index in [0.717, 1.165) is 5.75 Å². The summed E-state index contributed by atoms with van der Waals surface area (Å²) in [5, 5.41) is 11.3. The van der Waals surface area contributed by atoms with Crippen LogP contribution in [0.2, 0.25) is 0 Å². The first kappa shape index (κ1) is 15.8. The van der Waals surface area contributed by atoms with E-state index < -0.39 is 5.97 Å². The number of amides is 2. The maximum atomic E-state index is 11.7. The predicted molar refractivity (Wildman–Crippen MR) is 74.8 cm³/mol. The van der Waals surface area contributed by atoms with Crippen molar-refractivity contribution < 1.29 is 19.4 Å². The predicted octanol–water partition coefficient (Wildman–Crippen LogP) is 1.57. The number of urea groups is 1. The zero-order chi connectivity index (χ0) is 14.8. The molecule has 0 radical (unpaired) electrons. The van der Waals surface area contributed by atoms with Crippen LogP contribution in [0, 0.1) is 0 Å². The van der Waals surface area contributed by atoms with Crippen LogP contribution >= 0.6 is 0 Å². The molecule has 0 unspecified atom stereocenters. The minimum absolute atomic E-state index is 0.289. The number of ether oxygens (including phenoxy) is 1. The van der Waals surface area contributed by atoms with Gasteiger partial charge in [-0.05, 0) is 25.5 Å². The van der Waals surface area contributed by atoms with Gasteiger partial charge in [-0.1, -0.05) is 18.2 Å². The van der Waals surface area contributed by atoms with Gasteiger partial charge in [-0.25, -0.2) is 4.79 Å². The topological polar surface area (TPSA) is 78.9 Å². The SMILES string of the molecule is CCN(CC(=O)O)C(=O)NCCCOc1ccccc1. The maximum absolute atomic E-state index is 11.7. The monoisotopic (exact) mass is 280 g/mol. The molecule has 0 aliphatic rings. The van der Waals surface area contributed by atoms with E-state index in [4.69, 9.17) is 9.84 Å². The van der Waals surface area contributed by atoms with Crippen molar-refractivity contribution in [3.8, 4) is 5.75 Å². The fourth-order valence-corrected chi connectivity index (χ4v) is 1.58. The molecule has 0 saturated heterocycles. The average Bonchev–Trinajstić information content (AvgIpc) is 2.45. The average molecular weight is 280 g/mol. The van der Waals surface area contributed by atoms with Gasteiger partial charge in [0.25, 0.3) is 0 Å². The van der Waals surface area contributed by atoms with Crippen molar-refractivity contribution in [3.05, 3.63) is 30.3 Å². The molecule has 110 valence electrons. The third-order valence-electron chi connectivity index (χ3n) is 2.60. The molecule has 0 fully saturated rings. The highest BCUT2D eigenvalue weighted by Gasteiger charge is 2.13. The van der Waals surface area contributed by atoms with Crippen LogP contribution < -0.4 is 10.1 Å². The number of aliphatic carboxylic acids is 1. The molecule has 2 N–H and O–H groups in total. The van der Waals surface area contributed by atoms with Gasteiger partial charge < -0.3 is 20.1 Å². The molecular formula is C14H20N2O4. The minimum Gasteiger partial charge on any atom is -0.494 e. The molecule has 0 aliphatic heterocycles. The standard InChI is InChI=1S/C14H20N2O4/c1-2-16(11-13(17)18)14(19)15-9-6-10-20-12-7-4-3-5-8-12/h3-5,7-8H,2,6,9-11H2,1H3,(H,15,19)(H,17,18). The zero-order valence-corrected chi connectivity index (χ0v) is 11.5. The molecule has 0 aromatic heterocycles. The second-order valence-corrected chi connectivity index (χ2v) is 4.15. The summed E-state index contributed by atoms with van der Waals surface area (Å²) in [6.45, 7) is 2.75. The van der Waals surface area contributed by atoms with E-state index in [9.17, 15) is 9.59 Å². The Morgan fingerprint density at radius 2 is 2.00 bits per heavy atom. The molecule has 20 heavy (non-hydrogen) atoms. The molecule has 0 saturated carbocycles. The van der Waals surface area contributed by atoms with Gasteiger partial charge in [0.15, 0.2) is 0 Å². The first-order chi connectivity index (χ1) is 9.63. The molecule has 1 aromatic carbocycles. The fraction of sp³-hybridized carbons (Fsp3) is 0.429. The Bertz CT molecular complexity index is 422. The number of carbonyl (C=O) groups is 2. The molecule has 2 amide bonds. The van der Waals surface area contributed by atoms with Crippen LogP contribution in [0.4, 0.5) is 4.79 Å². The number of nitrogens with one attached hydrogen (secondary N) is 1. The maximum Gasteiger partial charge on any atom is 0.323 e. The largest absolute Gasteiger partial charge is 0.494 e. The zero-order valence-electron chi connectivity index (χ0n) is 11.5. The fourth-order valence-electron chi connectivity index (χ4n) is 1.58. The Balaban J connectivity index is 2.17. The second-order valence-electron chi connectivity index (χ2n) is 4.15. The van der Waals surface area contributed by atoms with Crippen molar-refractivity contribution in [1.82, 2.24) is 10.2 Å². The van der Waals surface area contributed by atoms with Crippen molar-refractivity contribution in [2.45, 2.75) is 13.3 Å². The van der Waals surface area contributed by atoms with E-state index in [-0.39, 0.29) is 12.6 Å². The Morgan fingerprint density at radius 1 is 1.30 bits per heavy atom. The van der Waals surface area contributed by atoms with Crippen LogP contribution in [-0.4, -0.2) is 48.2 Å². The highest BCUT2D eigenvalue weighted by molar-refractivity contribution is 5.79. The summed E-state index contributed by atoms with van der Waals surface area (Å²) in [4.78, 5) is 23.5. The molecule has 1 aromatic rings. The van der Waals surface area contributed by atoms with Gasteiger partial charge in [-0.15, -0.1) is 0 Å². The summed E-state index contributed by atoms with van der Waals surface area (Å²) in [5.74, 6) is -0.228. The van der Waals surface area contributed by atoms with E-state index in [0.29, 0.717) is 26.1 Å². The number of nitrogens with zero attached hydrogens (tertiary/aromatic N) is 1. The van der Waals surface area contributed by atoms with E-state index in [1.807, 2.05) is 30.3 Å². The summed E-state index contributed by atoms with van der Waals surface area (Å²) < 4.78 is 5.48. The quantitative estimate of drug-likeness (QED) is 0.708. The van der Waals surface area contributed by atoms with E-state index in [2.05, 4.69) is 5.32 Å². The van der Waals surface area contributed by atoms with Crippen LogP contribution in [-0.2, 0) is 4.79 Å². The molecular weight excluding hydrogens is 260 g/mol. The molecule has 0 bridgehead atoms. The molecule has 6 heteroatoms. The Hall–Kier alpha value is -2.24. The lowest BCUT2D eigenvalue weighted by molar-refractivity contribution is -0.137. The lowest BCUT2D eigenvalue weighted by Crippen LogP contribution is -2.43. The third-order valence-corrected chi connectivity index (χ3v) is 2.60. The first-order valence-corrected chi connectivity index (χ1v) is 6.56. The molecule has 6 nitrogen and oxygen atoms in total. The summed E-state index contributed by atoms with van der Waals surface area (Å²) >= 11 is 0. The molecule has 1 rings (SSSR count). The first-order valence-electron chi connectivity index (χ1n) is 6.56. The summed E-state index contributed by atoms with van der Waals surface area (Å²) in [5.41, 5.74) is 0. The van der Waals surface area contributed by atoms with Gasteiger partial charge >= 0.3 is 12.0 Å². The summed E-state index contributed by atoms with van der Waals surface area (Å²) in [6.07, 6.45) is 0.658. The number of carboxylic acid groups (broad SMARTS) is 1. The number of carboxylic acids is 1. The van der Waals surface area contributed by atoms with Gasteiger partial charge in [0.2, 0.25) is 0 Å². The van der Waals surface area contributed by atoms with E-state index in [1.54, 1.807) is 6.92 Å². The van der Waals surface area contributed by atoms with Gasteiger partial charge in [-0.2, -0.15) is 0 Å². The number of hydrogen-bond donors (Lipinski definition) is 2. The van der Waals surface area contributed by atoms with Gasteiger partial charge in [0.1, 0.15) is 12.3 Å². The lowest BCUT2D eigenvalue weighted by Gasteiger charge is -2.19. The van der Waals surface area contributed by atoms with Crippen molar-refractivity contribution in [1.29, 1.82) is 0 Å². The normalized spacial score (nSPS) is 9.85. The Kier molecular flexibility index (Phi) is 6.95. The lowest BCUT2D eigenvalue weighted by atomic mass is 10.3. The number of likely N-dealkylation sites (N-methyl/N-ethyl adjacent to an activating group) is 1. The minimum atomic E-state index is -1.02. The Morgan fingerprint density at radius 3 is 2.60 bits per heavy atom. The van der Waals surface area contributed by atoms with Crippen LogP contribution in [0.5, 0.6) is 5.75 Å². The number of rotatable bonds is 8.